The third-order valence-electron chi connectivity index (χ3n) is 2.94. The van der Waals surface area contributed by atoms with E-state index in [1.807, 2.05) is 0 Å². The number of nitrogens with one attached hydrogen (secondary N) is 1. The van der Waals surface area contributed by atoms with Crippen molar-refractivity contribution in [2.75, 3.05) is 5.32 Å². The summed E-state index contributed by atoms with van der Waals surface area (Å²) >= 11 is 0. The van der Waals surface area contributed by atoms with Gasteiger partial charge in [0, 0.05) is 36.0 Å². The van der Waals surface area contributed by atoms with E-state index in [4.69, 9.17) is 11.5 Å². The predicted molar refractivity (Wildman–Crippen MR) is 76.9 cm³/mol. The van der Waals surface area contributed by atoms with Gasteiger partial charge >= 0.3 is 5.97 Å². The number of nitro benzene ring substituents is 1. The normalized spacial score (nSPS) is 11.6. The monoisotopic (exact) mass is 285 g/mol. The van der Waals surface area contributed by atoms with E-state index in [0.29, 0.717) is 16.5 Å². The number of benzene rings is 1. The second-order valence-corrected chi connectivity index (χ2v) is 4.25. The number of aromatic nitrogens is 1. The highest BCUT2D eigenvalue weighted by Crippen LogP contribution is 2.31. The number of anilines is 1. The smallest absolute Gasteiger partial charge is 0.327 e. The van der Waals surface area contributed by atoms with Gasteiger partial charge in [-0.15, -0.1) is 12.3 Å². The first kappa shape index (κ1) is 14.3. The molecule has 106 valence electrons. The van der Waals surface area contributed by atoms with Gasteiger partial charge in [-0.25, -0.2) is 4.79 Å². The minimum atomic E-state index is -1.09. The van der Waals surface area contributed by atoms with Gasteiger partial charge in [0.15, 0.2) is 0 Å². The Kier molecular flexibility index (Phi) is 4.00. The fourth-order valence-electron chi connectivity index (χ4n) is 1.97. The molecule has 0 bridgehead atoms. The molecule has 2 aromatic rings. The summed E-state index contributed by atoms with van der Waals surface area (Å²) in [5.41, 5.74) is 0.369. The van der Waals surface area contributed by atoms with Crippen LogP contribution < -0.4 is 5.32 Å². The van der Waals surface area contributed by atoms with Crippen LogP contribution in [0.2, 0.25) is 0 Å². The summed E-state index contributed by atoms with van der Waals surface area (Å²) in [5.74, 6) is 1.19. The zero-order chi connectivity index (χ0) is 15.4. The Hall–Kier alpha value is -3.14. The number of nitrogens with zero attached hydrogens (tertiary/aromatic N) is 2. The van der Waals surface area contributed by atoms with Crippen LogP contribution in [0.25, 0.3) is 10.8 Å². The molecule has 1 atom stereocenters. The van der Waals surface area contributed by atoms with Crippen LogP contribution in [0.1, 0.15) is 6.42 Å². The molecule has 2 N–H and O–H groups in total. The number of non-ortho nitro benzene ring substituents is 1. The van der Waals surface area contributed by atoms with Crippen molar-refractivity contribution in [2.24, 2.45) is 0 Å². The Morgan fingerprint density at radius 3 is 2.86 bits per heavy atom. The van der Waals surface area contributed by atoms with E-state index in [9.17, 15) is 14.9 Å². The van der Waals surface area contributed by atoms with Crippen LogP contribution in [0.4, 0.5) is 11.4 Å². The first-order valence-corrected chi connectivity index (χ1v) is 5.98. The van der Waals surface area contributed by atoms with E-state index in [0.717, 1.165) is 0 Å². The summed E-state index contributed by atoms with van der Waals surface area (Å²) in [4.78, 5) is 25.5. The van der Waals surface area contributed by atoms with Crippen LogP contribution >= 0.6 is 0 Å². The maximum Gasteiger partial charge on any atom is 0.327 e. The zero-order valence-corrected chi connectivity index (χ0v) is 10.8. The Morgan fingerprint density at radius 2 is 2.24 bits per heavy atom. The van der Waals surface area contributed by atoms with Gasteiger partial charge in [0.05, 0.1) is 10.3 Å². The molecule has 7 heteroatoms. The summed E-state index contributed by atoms with van der Waals surface area (Å²) in [6.45, 7) is 0. The Balaban J connectivity index is 2.51. The number of rotatable bonds is 5. The number of carboxylic acids is 1. The highest BCUT2D eigenvalue weighted by molar-refractivity contribution is 6.00. The van der Waals surface area contributed by atoms with Crippen LogP contribution in [-0.2, 0) is 4.79 Å². The van der Waals surface area contributed by atoms with Crippen LogP contribution in [0.5, 0.6) is 0 Å². The van der Waals surface area contributed by atoms with E-state index in [1.165, 1.54) is 24.5 Å². The second kappa shape index (κ2) is 5.88. The number of pyridine rings is 1. The van der Waals surface area contributed by atoms with Gasteiger partial charge in [-0.1, -0.05) is 0 Å². The highest BCUT2D eigenvalue weighted by Gasteiger charge is 2.19. The van der Waals surface area contributed by atoms with E-state index in [-0.39, 0.29) is 12.1 Å². The van der Waals surface area contributed by atoms with Gasteiger partial charge < -0.3 is 10.4 Å². The molecular formula is C14H11N3O4. The molecule has 1 unspecified atom stereocenters. The Bertz CT molecular complexity index is 751. The molecule has 0 radical (unpaired) electrons. The topological polar surface area (TPSA) is 105 Å². The van der Waals surface area contributed by atoms with Crippen molar-refractivity contribution >= 4 is 28.1 Å². The second-order valence-electron chi connectivity index (χ2n) is 4.25. The van der Waals surface area contributed by atoms with Crippen molar-refractivity contribution in [1.82, 2.24) is 4.98 Å². The van der Waals surface area contributed by atoms with Crippen molar-refractivity contribution in [3.8, 4) is 12.3 Å². The number of carboxylic acid groups (broad SMARTS) is 1. The number of carbonyl (C=O) groups is 1. The SMILES string of the molecule is C#CCC(Nc1ccc([N+](=O)[O-])c2cnccc12)C(=O)O. The number of hydrogen-bond acceptors (Lipinski definition) is 5. The Morgan fingerprint density at radius 1 is 1.48 bits per heavy atom. The van der Waals surface area contributed by atoms with E-state index in [1.54, 1.807) is 6.07 Å². The largest absolute Gasteiger partial charge is 0.480 e. The van der Waals surface area contributed by atoms with Gasteiger partial charge in [-0.2, -0.15) is 0 Å². The fourth-order valence-corrected chi connectivity index (χ4v) is 1.97. The minimum absolute atomic E-state index is 0.00109. The molecule has 0 fully saturated rings. The summed E-state index contributed by atoms with van der Waals surface area (Å²) in [6.07, 6.45) is 7.99. The first-order valence-electron chi connectivity index (χ1n) is 5.98. The molecule has 1 aromatic heterocycles. The van der Waals surface area contributed by atoms with Gasteiger partial charge in [-0.3, -0.25) is 15.1 Å². The molecule has 21 heavy (non-hydrogen) atoms. The lowest BCUT2D eigenvalue weighted by atomic mass is 10.1. The van der Waals surface area contributed by atoms with Crippen molar-refractivity contribution < 1.29 is 14.8 Å². The third kappa shape index (κ3) is 2.90. The fraction of sp³-hybridized carbons (Fsp3) is 0.143. The molecule has 2 rings (SSSR count). The lowest BCUT2D eigenvalue weighted by molar-refractivity contribution is -0.383. The molecule has 0 spiro atoms. The molecule has 0 aliphatic carbocycles. The summed E-state index contributed by atoms with van der Waals surface area (Å²) < 4.78 is 0. The zero-order valence-electron chi connectivity index (χ0n) is 10.8. The molecule has 1 aromatic carbocycles. The first-order chi connectivity index (χ1) is 10.0. The van der Waals surface area contributed by atoms with Gasteiger partial charge in [0.2, 0.25) is 0 Å². The summed E-state index contributed by atoms with van der Waals surface area (Å²) in [7, 11) is 0. The van der Waals surface area contributed by atoms with Crippen molar-refractivity contribution in [1.29, 1.82) is 0 Å². The van der Waals surface area contributed by atoms with Gasteiger partial charge in [0.1, 0.15) is 6.04 Å². The number of terminal acetylenes is 1. The average molecular weight is 285 g/mol. The van der Waals surface area contributed by atoms with E-state index >= 15 is 0 Å². The Labute approximate surface area is 119 Å². The predicted octanol–water partition coefficient (Wildman–Crippen LogP) is 2.03. The van der Waals surface area contributed by atoms with Crippen molar-refractivity contribution in [2.45, 2.75) is 12.5 Å². The van der Waals surface area contributed by atoms with E-state index < -0.39 is 16.9 Å². The molecular weight excluding hydrogens is 274 g/mol. The number of fused-ring (bicyclic) bond motifs is 1. The maximum atomic E-state index is 11.1. The van der Waals surface area contributed by atoms with Crippen LogP contribution in [0, 0.1) is 22.5 Å². The standard InChI is InChI=1S/C14H11N3O4/c1-2-3-12(14(18)19)16-11-4-5-13(17(20)21)10-8-15-7-6-9(10)11/h1,4-8,12,16H,3H2,(H,18,19). The molecule has 7 nitrogen and oxygen atoms in total. The van der Waals surface area contributed by atoms with E-state index in [2.05, 4.69) is 16.2 Å². The van der Waals surface area contributed by atoms with Crippen molar-refractivity contribution in [3.05, 3.63) is 40.7 Å². The number of aliphatic carboxylic acids is 1. The third-order valence-corrected chi connectivity index (χ3v) is 2.94. The molecule has 0 aliphatic rings. The lowest BCUT2D eigenvalue weighted by Gasteiger charge is -2.15. The lowest BCUT2D eigenvalue weighted by Crippen LogP contribution is -2.28. The summed E-state index contributed by atoms with van der Waals surface area (Å²) in [6, 6.07) is 3.39. The minimum Gasteiger partial charge on any atom is -0.480 e. The molecule has 0 saturated carbocycles. The quantitative estimate of drug-likeness (QED) is 0.494. The number of hydrogen-bond donors (Lipinski definition) is 2. The van der Waals surface area contributed by atoms with Gasteiger partial charge in [0.25, 0.3) is 5.69 Å². The maximum absolute atomic E-state index is 11.1. The molecule has 1 heterocycles. The van der Waals surface area contributed by atoms with Crippen LogP contribution in [0.15, 0.2) is 30.6 Å². The molecule has 0 saturated heterocycles. The van der Waals surface area contributed by atoms with Crippen molar-refractivity contribution in [3.63, 3.8) is 0 Å². The van der Waals surface area contributed by atoms with Crippen LogP contribution in [-0.4, -0.2) is 27.0 Å². The molecule has 0 aliphatic heterocycles. The highest BCUT2D eigenvalue weighted by atomic mass is 16.6. The van der Waals surface area contributed by atoms with Crippen LogP contribution in [0.3, 0.4) is 0 Å². The number of nitro groups is 1. The van der Waals surface area contributed by atoms with Gasteiger partial charge in [-0.05, 0) is 12.1 Å². The molecule has 0 amide bonds. The summed E-state index contributed by atoms with van der Waals surface area (Å²) in [5, 5.41) is 23.7. The average Bonchev–Trinajstić information content (AvgIpc) is 2.46.